The molecule has 0 aromatic heterocycles. The van der Waals surface area contributed by atoms with Gasteiger partial charge in [-0.05, 0) is 30.9 Å². The summed E-state index contributed by atoms with van der Waals surface area (Å²) < 4.78 is 70.3. The van der Waals surface area contributed by atoms with Gasteiger partial charge in [0, 0.05) is 13.2 Å². The van der Waals surface area contributed by atoms with Crippen LogP contribution in [0.2, 0.25) is 0 Å². The summed E-state index contributed by atoms with van der Waals surface area (Å²) in [5.41, 5.74) is -1.18. The molecule has 0 aliphatic carbocycles. The number of hydrogen-bond acceptors (Lipinski definition) is 3. The van der Waals surface area contributed by atoms with Gasteiger partial charge in [-0.15, -0.1) is 0 Å². The first-order valence-corrected chi connectivity index (χ1v) is 8.67. The molecule has 0 bridgehead atoms. The van der Waals surface area contributed by atoms with Crippen LogP contribution < -0.4 is 4.72 Å². The molecule has 124 valence electrons. The molecule has 1 aliphatic rings. The van der Waals surface area contributed by atoms with E-state index in [0.717, 1.165) is 25.3 Å². The number of sulfonamides is 1. The lowest BCUT2D eigenvalue weighted by Gasteiger charge is -2.22. The molecule has 1 fully saturated rings. The van der Waals surface area contributed by atoms with Crippen molar-refractivity contribution in [2.24, 2.45) is 0 Å². The van der Waals surface area contributed by atoms with Gasteiger partial charge < -0.3 is 4.74 Å². The van der Waals surface area contributed by atoms with Crippen LogP contribution in [-0.4, -0.2) is 27.7 Å². The quantitative estimate of drug-likeness (QED) is 0.899. The van der Waals surface area contributed by atoms with E-state index in [2.05, 4.69) is 4.72 Å². The molecule has 0 amide bonds. The molecular weight excluding hydrogens is 319 g/mol. The fourth-order valence-corrected chi connectivity index (χ4v) is 3.57. The Labute approximate surface area is 127 Å². The zero-order valence-electron chi connectivity index (χ0n) is 11.9. The number of halogens is 3. The summed E-state index contributed by atoms with van der Waals surface area (Å²) in [6.07, 6.45) is -2.12. The van der Waals surface area contributed by atoms with Gasteiger partial charge in [-0.1, -0.05) is 18.2 Å². The van der Waals surface area contributed by atoms with E-state index in [1.165, 1.54) is 18.2 Å². The van der Waals surface area contributed by atoms with Gasteiger partial charge in [-0.25, -0.2) is 13.1 Å². The Morgan fingerprint density at radius 1 is 1.23 bits per heavy atom. The third-order valence-electron chi connectivity index (χ3n) is 3.47. The fourth-order valence-electron chi connectivity index (χ4n) is 2.37. The predicted octanol–water partition coefficient (Wildman–Crippen LogP) is 2.69. The lowest BCUT2D eigenvalue weighted by molar-refractivity contribution is -0.138. The largest absolute Gasteiger partial charge is 0.416 e. The molecule has 4 nitrogen and oxygen atoms in total. The van der Waals surface area contributed by atoms with Crippen molar-refractivity contribution >= 4 is 10.0 Å². The van der Waals surface area contributed by atoms with Crippen LogP contribution in [0, 0.1) is 0 Å². The van der Waals surface area contributed by atoms with Gasteiger partial charge in [0.05, 0.1) is 17.4 Å². The first-order chi connectivity index (χ1) is 10.3. The number of ether oxygens (including phenoxy) is 1. The van der Waals surface area contributed by atoms with Gasteiger partial charge in [0.15, 0.2) is 0 Å². The summed E-state index contributed by atoms with van der Waals surface area (Å²) in [5.74, 6) is -0.699. The Morgan fingerprint density at radius 3 is 2.59 bits per heavy atom. The second-order valence-corrected chi connectivity index (χ2v) is 7.06. The fraction of sp³-hybridized carbons (Fsp3) is 0.571. The summed E-state index contributed by atoms with van der Waals surface area (Å²) in [7, 11) is -3.85. The molecule has 1 atom stereocenters. The first-order valence-electron chi connectivity index (χ1n) is 7.02. The van der Waals surface area contributed by atoms with Crippen molar-refractivity contribution in [3.8, 4) is 0 Å². The van der Waals surface area contributed by atoms with Crippen molar-refractivity contribution in [1.82, 2.24) is 4.72 Å². The van der Waals surface area contributed by atoms with Crippen LogP contribution in [0.3, 0.4) is 0 Å². The standard InChI is InChI=1S/C14H18F3NO3S/c15-14(16,17)13-7-2-1-5-11(13)10-22(19,20)18-9-12-6-3-4-8-21-12/h1-2,5,7,12,18H,3-4,6,8-10H2/t12-/m1/s1. The van der Waals surface area contributed by atoms with Crippen LogP contribution in [0.4, 0.5) is 13.2 Å². The van der Waals surface area contributed by atoms with Gasteiger partial charge in [0.25, 0.3) is 0 Å². The van der Waals surface area contributed by atoms with Gasteiger partial charge in [0.2, 0.25) is 10.0 Å². The highest BCUT2D eigenvalue weighted by molar-refractivity contribution is 7.88. The smallest absolute Gasteiger partial charge is 0.377 e. The average Bonchev–Trinajstić information content (AvgIpc) is 2.45. The van der Waals surface area contributed by atoms with Crippen molar-refractivity contribution < 1.29 is 26.3 Å². The summed E-state index contributed by atoms with van der Waals surface area (Å²) in [6, 6.07) is 4.70. The summed E-state index contributed by atoms with van der Waals surface area (Å²) in [4.78, 5) is 0. The highest BCUT2D eigenvalue weighted by atomic mass is 32.2. The highest BCUT2D eigenvalue weighted by Crippen LogP contribution is 2.32. The number of rotatable bonds is 5. The van der Waals surface area contributed by atoms with E-state index in [-0.39, 0.29) is 18.2 Å². The molecule has 1 aliphatic heterocycles. The van der Waals surface area contributed by atoms with E-state index in [1.54, 1.807) is 0 Å². The predicted molar refractivity (Wildman–Crippen MR) is 75.7 cm³/mol. The topological polar surface area (TPSA) is 55.4 Å². The van der Waals surface area contributed by atoms with Crippen molar-refractivity contribution in [2.45, 2.75) is 37.3 Å². The van der Waals surface area contributed by atoms with Crippen LogP contribution in [0.1, 0.15) is 30.4 Å². The molecular formula is C14H18F3NO3S. The maximum Gasteiger partial charge on any atom is 0.416 e. The van der Waals surface area contributed by atoms with Crippen LogP contribution >= 0.6 is 0 Å². The average molecular weight is 337 g/mol. The number of benzene rings is 1. The maximum absolute atomic E-state index is 12.9. The minimum atomic E-state index is -4.57. The molecule has 0 radical (unpaired) electrons. The van der Waals surface area contributed by atoms with E-state index < -0.39 is 27.5 Å². The molecule has 2 rings (SSSR count). The minimum absolute atomic E-state index is 0.0938. The van der Waals surface area contributed by atoms with Crippen LogP contribution in [0.5, 0.6) is 0 Å². The molecule has 0 spiro atoms. The summed E-state index contributed by atoms with van der Waals surface area (Å²) >= 11 is 0. The SMILES string of the molecule is O=S(=O)(Cc1ccccc1C(F)(F)F)NC[C@H]1CCCCO1. The second kappa shape index (κ2) is 6.97. The highest BCUT2D eigenvalue weighted by Gasteiger charge is 2.34. The van der Waals surface area contributed by atoms with E-state index in [4.69, 9.17) is 4.74 Å². The lowest BCUT2D eigenvalue weighted by Crippen LogP contribution is -2.36. The first kappa shape index (κ1) is 17.2. The number of nitrogens with one attached hydrogen (secondary N) is 1. The Balaban J connectivity index is 2.02. The van der Waals surface area contributed by atoms with E-state index in [0.29, 0.717) is 6.61 Å². The third kappa shape index (κ3) is 4.96. The van der Waals surface area contributed by atoms with Crippen molar-refractivity contribution in [2.75, 3.05) is 13.2 Å². The molecule has 1 N–H and O–H groups in total. The van der Waals surface area contributed by atoms with Crippen LogP contribution in [0.15, 0.2) is 24.3 Å². The Kier molecular flexibility index (Phi) is 5.46. The normalized spacial score (nSPS) is 20.0. The molecule has 1 saturated heterocycles. The number of alkyl halides is 3. The van der Waals surface area contributed by atoms with Gasteiger partial charge in [-0.2, -0.15) is 13.2 Å². The minimum Gasteiger partial charge on any atom is -0.377 e. The van der Waals surface area contributed by atoms with Gasteiger partial charge >= 0.3 is 6.18 Å². The Morgan fingerprint density at radius 2 is 1.95 bits per heavy atom. The summed E-state index contributed by atoms with van der Waals surface area (Å²) in [5, 5.41) is 0. The zero-order chi connectivity index (χ0) is 16.2. The van der Waals surface area contributed by atoms with Crippen molar-refractivity contribution in [3.05, 3.63) is 35.4 Å². The monoisotopic (exact) mass is 337 g/mol. The summed E-state index contributed by atoms with van der Waals surface area (Å²) in [6.45, 7) is 0.680. The Bertz CT molecular complexity index is 596. The second-order valence-electron chi connectivity index (χ2n) is 5.25. The lowest BCUT2D eigenvalue weighted by atomic mass is 10.1. The van der Waals surface area contributed by atoms with E-state index in [9.17, 15) is 21.6 Å². The molecule has 22 heavy (non-hydrogen) atoms. The molecule has 1 aromatic rings. The maximum atomic E-state index is 12.9. The van der Waals surface area contributed by atoms with E-state index in [1.807, 2.05) is 0 Å². The van der Waals surface area contributed by atoms with E-state index >= 15 is 0 Å². The molecule has 0 saturated carbocycles. The molecule has 1 aromatic carbocycles. The Hall–Kier alpha value is -1.12. The molecule has 0 unspecified atom stereocenters. The molecule has 8 heteroatoms. The van der Waals surface area contributed by atoms with Crippen molar-refractivity contribution in [3.63, 3.8) is 0 Å². The van der Waals surface area contributed by atoms with Crippen LogP contribution in [-0.2, 0) is 26.7 Å². The molecule has 1 heterocycles. The van der Waals surface area contributed by atoms with Gasteiger partial charge in [0.1, 0.15) is 0 Å². The van der Waals surface area contributed by atoms with Crippen molar-refractivity contribution in [1.29, 1.82) is 0 Å². The van der Waals surface area contributed by atoms with Crippen LogP contribution in [0.25, 0.3) is 0 Å². The zero-order valence-corrected chi connectivity index (χ0v) is 12.7. The van der Waals surface area contributed by atoms with Gasteiger partial charge in [-0.3, -0.25) is 0 Å². The number of hydrogen-bond donors (Lipinski definition) is 1. The third-order valence-corrected chi connectivity index (χ3v) is 4.77.